The molecule has 0 radical (unpaired) electrons. The standard InChI is InChI=1S/C16H27N3OS/c1-5-19(13(4)20)16-18-14(10-21-16)9-17-15-8-6-7-11(2)12(15)3/h10-12,15,17H,5-9H2,1-4H3. The molecule has 1 aromatic rings. The van der Waals surface area contributed by atoms with Crippen LogP contribution in [0.2, 0.25) is 0 Å². The highest BCUT2D eigenvalue weighted by molar-refractivity contribution is 7.14. The fourth-order valence-electron chi connectivity index (χ4n) is 3.10. The summed E-state index contributed by atoms with van der Waals surface area (Å²) < 4.78 is 0. The number of aromatic nitrogens is 1. The number of amides is 1. The van der Waals surface area contributed by atoms with Crippen LogP contribution in [0.15, 0.2) is 5.38 Å². The van der Waals surface area contributed by atoms with Gasteiger partial charge in [-0.15, -0.1) is 11.3 Å². The molecule has 2 rings (SSSR count). The molecule has 0 spiro atoms. The second-order valence-corrected chi connectivity index (χ2v) is 6.98. The van der Waals surface area contributed by atoms with Gasteiger partial charge in [0.2, 0.25) is 5.91 Å². The molecule has 0 bridgehead atoms. The summed E-state index contributed by atoms with van der Waals surface area (Å²) in [7, 11) is 0. The van der Waals surface area contributed by atoms with E-state index in [-0.39, 0.29) is 5.91 Å². The minimum absolute atomic E-state index is 0.0566. The molecule has 0 aromatic carbocycles. The number of nitrogens with one attached hydrogen (secondary N) is 1. The van der Waals surface area contributed by atoms with Gasteiger partial charge in [0.25, 0.3) is 0 Å². The Hall–Kier alpha value is -0.940. The van der Waals surface area contributed by atoms with Gasteiger partial charge in [0.05, 0.1) is 5.69 Å². The molecule has 0 saturated heterocycles. The van der Waals surface area contributed by atoms with Gasteiger partial charge in [-0.1, -0.05) is 26.7 Å². The molecule has 21 heavy (non-hydrogen) atoms. The van der Waals surface area contributed by atoms with Crippen molar-refractivity contribution in [3.63, 3.8) is 0 Å². The van der Waals surface area contributed by atoms with E-state index in [2.05, 4.69) is 29.5 Å². The molecule has 1 aliphatic rings. The van der Waals surface area contributed by atoms with E-state index in [0.717, 1.165) is 29.2 Å². The summed E-state index contributed by atoms with van der Waals surface area (Å²) in [5, 5.41) is 6.53. The molecule has 1 amide bonds. The Bertz CT molecular complexity index is 474. The van der Waals surface area contributed by atoms with Crippen LogP contribution in [0, 0.1) is 11.8 Å². The van der Waals surface area contributed by atoms with Gasteiger partial charge >= 0.3 is 0 Å². The first kappa shape index (κ1) is 16.4. The highest BCUT2D eigenvalue weighted by Gasteiger charge is 2.26. The van der Waals surface area contributed by atoms with Gasteiger partial charge < -0.3 is 5.32 Å². The zero-order valence-electron chi connectivity index (χ0n) is 13.6. The maximum absolute atomic E-state index is 11.5. The van der Waals surface area contributed by atoms with Crippen molar-refractivity contribution >= 4 is 22.4 Å². The third-order valence-corrected chi connectivity index (χ3v) is 5.63. The Morgan fingerprint density at radius 1 is 1.48 bits per heavy atom. The Morgan fingerprint density at radius 3 is 2.90 bits per heavy atom. The lowest BCUT2D eigenvalue weighted by Crippen LogP contribution is -2.40. The van der Waals surface area contributed by atoms with Gasteiger partial charge in [-0.05, 0) is 25.2 Å². The number of rotatable bonds is 5. The van der Waals surface area contributed by atoms with Gasteiger partial charge in [0.1, 0.15) is 0 Å². The predicted molar refractivity (Wildman–Crippen MR) is 88.6 cm³/mol. The number of hydrogen-bond donors (Lipinski definition) is 1. The van der Waals surface area contributed by atoms with Gasteiger partial charge in [-0.25, -0.2) is 4.98 Å². The quantitative estimate of drug-likeness (QED) is 0.906. The summed E-state index contributed by atoms with van der Waals surface area (Å²) in [5.41, 5.74) is 1.04. The molecule has 3 unspecified atom stereocenters. The molecule has 4 nitrogen and oxygen atoms in total. The topological polar surface area (TPSA) is 45.2 Å². The van der Waals surface area contributed by atoms with Crippen LogP contribution in [-0.4, -0.2) is 23.5 Å². The second-order valence-electron chi connectivity index (χ2n) is 6.14. The molecule has 1 N–H and O–H groups in total. The monoisotopic (exact) mass is 309 g/mol. The fourth-order valence-corrected chi connectivity index (χ4v) is 4.03. The Balaban J connectivity index is 1.92. The first-order valence-electron chi connectivity index (χ1n) is 7.98. The molecule has 5 heteroatoms. The number of thiazole rings is 1. The van der Waals surface area contributed by atoms with E-state index >= 15 is 0 Å². The molecule has 1 saturated carbocycles. The van der Waals surface area contributed by atoms with Crippen LogP contribution in [-0.2, 0) is 11.3 Å². The lowest BCUT2D eigenvalue weighted by atomic mass is 9.78. The van der Waals surface area contributed by atoms with Gasteiger partial charge in [0.15, 0.2) is 5.13 Å². The van der Waals surface area contributed by atoms with E-state index in [1.165, 1.54) is 19.3 Å². The Labute approximate surface area is 132 Å². The summed E-state index contributed by atoms with van der Waals surface area (Å²) in [5.74, 6) is 1.58. The predicted octanol–water partition coefficient (Wildman–Crippen LogP) is 3.43. The minimum atomic E-state index is 0.0566. The Kier molecular flexibility index (Phi) is 5.76. The summed E-state index contributed by atoms with van der Waals surface area (Å²) in [4.78, 5) is 17.9. The van der Waals surface area contributed by atoms with Crippen molar-refractivity contribution in [1.82, 2.24) is 10.3 Å². The van der Waals surface area contributed by atoms with Crippen molar-refractivity contribution in [2.75, 3.05) is 11.4 Å². The van der Waals surface area contributed by atoms with E-state index in [4.69, 9.17) is 0 Å². The molecule has 0 aliphatic heterocycles. The second kappa shape index (κ2) is 7.36. The number of carbonyl (C=O) groups is 1. The molecule has 1 aromatic heterocycles. The van der Waals surface area contributed by atoms with Crippen molar-refractivity contribution in [3.05, 3.63) is 11.1 Å². The third kappa shape index (κ3) is 4.04. The smallest absolute Gasteiger partial charge is 0.225 e. The van der Waals surface area contributed by atoms with Gasteiger partial charge in [-0.2, -0.15) is 0 Å². The van der Waals surface area contributed by atoms with Crippen LogP contribution in [0.25, 0.3) is 0 Å². The fraction of sp³-hybridized carbons (Fsp3) is 0.750. The average Bonchev–Trinajstić information content (AvgIpc) is 2.89. The SMILES string of the molecule is CCN(C(C)=O)c1nc(CNC2CCCC(C)C2C)cs1. The molecule has 1 heterocycles. The highest BCUT2D eigenvalue weighted by atomic mass is 32.1. The lowest BCUT2D eigenvalue weighted by molar-refractivity contribution is -0.116. The number of carbonyl (C=O) groups excluding carboxylic acids is 1. The van der Waals surface area contributed by atoms with Crippen LogP contribution < -0.4 is 10.2 Å². The summed E-state index contributed by atoms with van der Waals surface area (Å²) in [6.45, 7) is 9.74. The van der Waals surface area contributed by atoms with E-state index in [0.29, 0.717) is 12.6 Å². The Morgan fingerprint density at radius 2 is 2.24 bits per heavy atom. The van der Waals surface area contributed by atoms with Crippen LogP contribution in [0.5, 0.6) is 0 Å². The van der Waals surface area contributed by atoms with E-state index in [1.54, 1.807) is 23.2 Å². The minimum Gasteiger partial charge on any atom is -0.308 e. The first-order chi connectivity index (χ1) is 10.0. The molecule has 118 valence electrons. The summed E-state index contributed by atoms with van der Waals surface area (Å²) in [6, 6.07) is 0.592. The molecular formula is C16H27N3OS. The molecule has 1 aliphatic carbocycles. The van der Waals surface area contributed by atoms with Crippen molar-refractivity contribution in [2.24, 2.45) is 11.8 Å². The van der Waals surface area contributed by atoms with E-state index in [1.807, 2.05) is 6.92 Å². The van der Waals surface area contributed by atoms with Crippen molar-refractivity contribution in [1.29, 1.82) is 0 Å². The van der Waals surface area contributed by atoms with Gasteiger partial charge in [-0.3, -0.25) is 9.69 Å². The van der Waals surface area contributed by atoms with Crippen LogP contribution >= 0.6 is 11.3 Å². The lowest BCUT2D eigenvalue weighted by Gasteiger charge is -2.34. The highest BCUT2D eigenvalue weighted by Crippen LogP contribution is 2.30. The zero-order valence-corrected chi connectivity index (χ0v) is 14.4. The number of anilines is 1. The van der Waals surface area contributed by atoms with Crippen LogP contribution in [0.1, 0.15) is 52.7 Å². The van der Waals surface area contributed by atoms with Crippen molar-refractivity contribution < 1.29 is 4.79 Å². The van der Waals surface area contributed by atoms with Crippen molar-refractivity contribution in [2.45, 2.75) is 59.5 Å². The third-order valence-electron chi connectivity index (χ3n) is 4.72. The van der Waals surface area contributed by atoms with Crippen molar-refractivity contribution in [3.8, 4) is 0 Å². The molecule has 1 fully saturated rings. The molecule has 3 atom stereocenters. The van der Waals surface area contributed by atoms with E-state index in [9.17, 15) is 4.79 Å². The van der Waals surface area contributed by atoms with E-state index < -0.39 is 0 Å². The average molecular weight is 309 g/mol. The summed E-state index contributed by atoms with van der Waals surface area (Å²) in [6.07, 6.45) is 3.93. The van der Waals surface area contributed by atoms with Crippen LogP contribution in [0.4, 0.5) is 5.13 Å². The zero-order chi connectivity index (χ0) is 15.4. The number of nitrogens with zero attached hydrogens (tertiary/aromatic N) is 2. The normalized spacial score (nSPS) is 25.8. The maximum Gasteiger partial charge on any atom is 0.225 e. The van der Waals surface area contributed by atoms with Gasteiger partial charge in [0, 0.05) is 31.4 Å². The maximum atomic E-state index is 11.5. The molecular weight excluding hydrogens is 282 g/mol. The number of hydrogen-bond acceptors (Lipinski definition) is 4. The largest absolute Gasteiger partial charge is 0.308 e. The summed E-state index contributed by atoms with van der Waals surface area (Å²) >= 11 is 1.55. The first-order valence-corrected chi connectivity index (χ1v) is 8.86. The van der Waals surface area contributed by atoms with Crippen LogP contribution in [0.3, 0.4) is 0 Å².